The number of hydrogen-bond donors (Lipinski definition) is 1. The van der Waals surface area contributed by atoms with Crippen LogP contribution in [0.15, 0.2) is 74.5 Å². The van der Waals surface area contributed by atoms with E-state index >= 15 is 0 Å². The van der Waals surface area contributed by atoms with Gasteiger partial charge in [-0.05, 0) is 72.5 Å². The maximum absolute atomic E-state index is 9.91. The summed E-state index contributed by atoms with van der Waals surface area (Å²) in [6.07, 6.45) is 2.74. The van der Waals surface area contributed by atoms with Crippen molar-refractivity contribution < 1.29 is 9.52 Å². The minimum absolute atomic E-state index is 0.191. The summed E-state index contributed by atoms with van der Waals surface area (Å²) in [5.41, 5.74) is 5.28. The van der Waals surface area contributed by atoms with Crippen LogP contribution < -0.4 is 0 Å². The highest BCUT2D eigenvalue weighted by Gasteiger charge is 2.11. The number of benzene rings is 3. The van der Waals surface area contributed by atoms with Gasteiger partial charge in [0.15, 0.2) is 5.58 Å². The summed E-state index contributed by atoms with van der Waals surface area (Å²) in [5.74, 6) is 1.29. The van der Waals surface area contributed by atoms with E-state index in [0.717, 1.165) is 33.2 Å². The number of rotatable bonds is 5. The number of oxazole rings is 1. The van der Waals surface area contributed by atoms with Gasteiger partial charge in [-0.15, -0.1) is 0 Å². The third kappa shape index (κ3) is 4.25. The van der Waals surface area contributed by atoms with Crippen molar-refractivity contribution in [3.8, 4) is 17.2 Å². The van der Waals surface area contributed by atoms with E-state index in [1.165, 1.54) is 5.56 Å². The van der Waals surface area contributed by atoms with Gasteiger partial charge < -0.3 is 9.52 Å². The molecule has 0 spiro atoms. The monoisotopic (exact) mass is 448 g/mol. The van der Waals surface area contributed by atoms with Crippen LogP contribution in [-0.2, 0) is 0 Å². The zero-order valence-electron chi connectivity index (χ0n) is 16.3. The van der Waals surface area contributed by atoms with Crippen LogP contribution >= 0.6 is 15.9 Å². The molecule has 0 radical (unpaired) electrons. The van der Waals surface area contributed by atoms with E-state index < -0.39 is 0 Å². The fraction of sp³-hybridized carbons (Fsp3) is 0.167. The molecule has 0 bridgehead atoms. The van der Waals surface area contributed by atoms with Crippen LogP contribution in [0, 0.1) is 0 Å². The van der Waals surface area contributed by atoms with Gasteiger partial charge >= 0.3 is 0 Å². The zero-order chi connectivity index (χ0) is 20.4. The zero-order valence-corrected chi connectivity index (χ0v) is 17.8. The van der Waals surface area contributed by atoms with Crippen molar-refractivity contribution in [3.63, 3.8) is 0 Å². The second kappa shape index (κ2) is 8.21. The van der Waals surface area contributed by atoms with Crippen molar-refractivity contribution in [2.45, 2.75) is 26.2 Å². The van der Waals surface area contributed by atoms with Crippen molar-refractivity contribution in [1.82, 2.24) is 4.98 Å². The third-order valence-electron chi connectivity index (χ3n) is 5.05. The van der Waals surface area contributed by atoms with E-state index in [-0.39, 0.29) is 5.75 Å². The Morgan fingerprint density at radius 3 is 2.66 bits per heavy atom. The first-order chi connectivity index (χ1) is 14.0. The Labute approximate surface area is 178 Å². The van der Waals surface area contributed by atoms with Crippen molar-refractivity contribution in [2.75, 3.05) is 0 Å². The number of phenols is 1. The highest BCUT2D eigenvalue weighted by molar-refractivity contribution is 9.10. The second-order valence-corrected chi connectivity index (χ2v) is 7.98. The summed E-state index contributed by atoms with van der Waals surface area (Å²) < 4.78 is 6.82. The van der Waals surface area contributed by atoms with Crippen LogP contribution in [0.5, 0.6) is 5.75 Å². The highest BCUT2D eigenvalue weighted by atomic mass is 79.9. The maximum Gasteiger partial charge on any atom is 0.227 e. The molecule has 0 amide bonds. The van der Waals surface area contributed by atoms with E-state index in [1.54, 1.807) is 18.3 Å². The summed E-state index contributed by atoms with van der Waals surface area (Å²) in [4.78, 5) is 9.10. The molecule has 1 atom stereocenters. The summed E-state index contributed by atoms with van der Waals surface area (Å²) >= 11 is 3.40. The van der Waals surface area contributed by atoms with Gasteiger partial charge in [-0.2, -0.15) is 0 Å². The molecule has 29 heavy (non-hydrogen) atoms. The molecule has 5 heteroatoms. The first-order valence-corrected chi connectivity index (χ1v) is 10.4. The highest BCUT2D eigenvalue weighted by Crippen LogP contribution is 2.29. The summed E-state index contributed by atoms with van der Waals surface area (Å²) in [6, 6.07) is 19.1. The Morgan fingerprint density at radius 2 is 1.90 bits per heavy atom. The Kier molecular flexibility index (Phi) is 5.49. The normalized spacial score (nSPS) is 12.7. The van der Waals surface area contributed by atoms with E-state index in [9.17, 15) is 5.11 Å². The molecule has 146 valence electrons. The Balaban J connectivity index is 1.57. The molecular formula is C24H21BrN2O2. The average molecular weight is 449 g/mol. The van der Waals surface area contributed by atoms with Crippen LogP contribution in [0.2, 0.25) is 0 Å². The lowest BCUT2D eigenvalue weighted by Crippen LogP contribution is -1.90. The molecule has 1 unspecified atom stereocenters. The SMILES string of the molecule is CCC(C)c1ccc2oc(-c3ccc(N=Cc4cc(Br)ccc4O)cc3)nc2c1. The molecule has 3 aromatic carbocycles. The number of aromatic hydroxyl groups is 1. The Bertz CT molecular complexity index is 1180. The second-order valence-electron chi connectivity index (χ2n) is 7.06. The van der Waals surface area contributed by atoms with Crippen molar-refractivity contribution in [3.05, 3.63) is 76.3 Å². The topological polar surface area (TPSA) is 58.6 Å². The van der Waals surface area contributed by atoms with Crippen molar-refractivity contribution in [1.29, 1.82) is 0 Å². The van der Waals surface area contributed by atoms with Gasteiger partial charge in [0.25, 0.3) is 0 Å². The van der Waals surface area contributed by atoms with Crippen LogP contribution in [0.25, 0.3) is 22.6 Å². The van der Waals surface area contributed by atoms with E-state index in [2.05, 4.69) is 51.9 Å². The molecular weight excluding hydrogens is 428 g/mol. The predicted octanol–water partition coefficient (Wildman–Crippen LogP) is 7.23. The van der Waals surface area contributed by atoms with Gasteiger partial charge in [0.05, 0.1) is 5.69 Å². The van der Waals surface area contributed by atoms with E-state index in [1.807, 2.05) is 36.4 Å². The quantitative estimate of drug-likeness (QED) is 0.327. The lowest BCUT2D eigenvalue weighted by molar-refractivity contribution is 0.474. The molecule has 0 aliphatic carbocycles. The number of nitrogens with zero attached hydrogens (tertiary/aromatic N) is 2. The first kappa shape index (κ1) is 19.4. The number of halogens is 1. The molecule has 0 fully saturated rings. The minimum Gasteiger partial charge on any atom is -0.507 e. The number of aromatic nitrogens is 1. The largest absolute Gasteiger partial charge is 0.507 e. The van der Waals surface area contributed by atoms with Gasteiger partial charge in [-0.25, -0.2) is 4.98 Å². The molecule has 0 saturated heterocycles. The molecule has 4 rings (SSSR count). The van der Waals surface area contributed by atoms with Gasteiger partial charge in [0.1, 0.15) is 11.3 Å². The fourth-order valence-electron chi connectivity index (χ4n) is 3.07. The predicted molar refractivity (Wildman–Crippen MR) is 121 cm³/mol. The minimum atomic E-state index is 0.191. The number of fused-ring (bicyclic) bond motifs is 1. The molecule has 1 aromatic heterocycles. The summed E-state index contributed by atoms with van der Waals surface area (Å²) in [6.45, 7) is 4.40. The number of phenolic OH excluding ortho intramolecular Hbond substituents is 1. The van der Waals surface area contributed by atoms with Gasteiger partial charge in [-0.3, -0.25) is 4.99 Å². The lowest BCUT2D eigenvalue weighted by Gasteiger charge is -2.07. The van der Waals surface area contributed by atoms with Gasteiger partial charge in [-0.1, -0.05) is 35.8 Å². The van der Waals surface area contributed by atoms with E-state index in [0.29, 0.717) is 17.4 Å². The van der Waals surface area contributed by atoms with Gasteiger partial charge in [0, 0.05) is 21.8 Å². The van der Waals surface area contributed by atoms with Gasteiger partial charge in [0.2, 0.25) is 5.89 Å². The van der Waals surface area contributed by atoms with E-state index in [4.69, 9.17) is 4.42 Å². The Morgan fingerprint density at radius 1 is 1.10 bits per heavy atom. The standard InChI is InChI=1S/C24H21BrN2O2/c1-3-15(2)17-6-11-23-21(13-17)27-24(29-23)16-4-8-20(9-5-16)26-14-18-12-19(25)7-10-22(18)28/h4-15,28H,3H2,1-2H3. The molecule has 0 aliphatic heterocycles. The number of hydrogen-bond acceptors (Lipinski definition) is 4. The fourth-order valence-corrected chi connectivity index (χ4v) is 3.45. The summed E-state index contributed by atoms with van der Waals surface area (Å²) in [7, 11) is 0. The molecule has 1 heterocycles. The molecule has 4 aromatic rings. The lowest BCUT2D eigenvalue weighted by atomic mass is 9.98. The Hall–Kier alpha value is -2.92. The molecule has 4 nitrogen and oxygen atoms in total. The molecule has 1 N–H and O–H groups in total. The van der Waals surface area contributed by atoms with Crippen molar-refractivity contribution in [2.24, 2.45) is 4.99 Å². The van der Waals surface area contributed by atoms with Crippen LogP contribution in [-0.4, -0.2) is 16.3 Å². The average Bonchev–Trinajstić information content (AvgIpc) is 3.17. The smallest absolute Gasteiger partial charge is 0.227 e. The third-order valence-corrected chi connectivity index (χ3v) is 5.54. The van der Waals surface area contributed by atoms with Crippen LogP contribution in [0.1, 0.15) is 37.3 Å². The summed E-state index contributed by atoms with van der Waals surface area (Å²) in [5, 5.41) is 9.91. The van der Waals surface area contributed by atoms with Crippen LogP contribution in [0.4, 0.5) is 5.69 Å². The number of aliphatic imine (C=N–C) groups is 1. The maximum atomic E-state index is 9.91. The first-order valence-electron chi connectivity index (χ1n) is 9.57. The molecule has 0 saturated carbocycles. The molecule has 0 aliphatic rings. The van der Waals surface area contributed by atoms with Crippen LogP contribution in [0.3, 0.4) is 0 Å². The van der Waals surface area contributed by atoms with Crippen molar-refractivity contribution >= 4 is 38.9 Å².